The van der Waals surface area contributed by atoms with Gasteiger partial charge in [-0.3, -0.25) is 0 Å². The van der Waals surface area contributed by atoms with E-state index in [2.05, 4.69) is 42.3 Å². The van der Waals surface area contributed by atoms with Crippen LogP contribution in [0.25, 0.3) is 0 Å². The first-order valence-electron chi connectivity index (χ1n) is 5.19. The number of nitrogens with zero attached hydrogens (tertiary/aromatic N) is 1. The highest BCUT2D eigenvalue weighted by Crippen LogP contribution is 1.97. The lowest BCUT2D eigenvalue weighted by molar-refractivity contribution is 0.365. The van der Waals surface area contributed by atoms with E-state index in [0.717, 1.165) is 13.1 Å². The SMILES string of the molecule is CC(CCN(C)C)NCc1ccc[nH]1. The molecule has 2 N–H and O–H groups in total. The van der Waals surface area contributed by atoms with Crippen molar-refractivity contribution in [1.82, 2.24) is 15.2 Å². The van der Waals surface area contributed by atoms with Gasteiger partial charge < -0.3 is 15.2 Å². The van der Waals surface area contributed by atoms with Crippen LogP contribution in [-0.2, 0) is 6.54 Å². The predicted octanol–water partition coefficient (Wildman–Crippen LogP) is 1.44. The summed E-state index contributed by atoms with van der Waals surface area (Å²) in [5, 5.41) is 3.48. The average Bonchev–Trinajstić information content (AvgIpc) is 2.63. The molecule has 0 aliphatic heterocycles. The van der Waals surface area contributed by atoms with Gasteiger partial charge in [0.2, 0.25) is 0 Å². The monoisotopic (exact) mass is 195 g/mol. The van der Waals surface area contributed by atoms with Crippen LogP contribution < -0.4 is 5.32 Å². The van der Waals surface area contributed by atoms with E-state index in [0.29, 0.717) is 6.04 Å². The molecule has 1 atom stereocenters. The van der Waals surface area contributed by atoms with Crippen molar-refractivity contribution in [3.05, 3.63) is 24.0 Å². The second-order valence-corrected chi connectivity index (χ2v) is 4.07. The topological polar surface area (TPSA) is 31.1 Å². The highest BCUT2D eigenvalue weighted by atomic mass is 15.1. The van der Waals surface area contributed by atoms with Gasteiger partial charge in [0.1, 0.15) is 0 Å². The Morgan fingerprint density at radius 2 is 2.29 bits per heavy atom. The Labute approximate surface area is 86.5 Å². The summed E-state index contributed by atoms with van der Waals surface area (Å²) < 4.78 is 0. The number of rotatable bonds is 6. The van der Waals surface area contributed by atoms with Crippen LogP contribution >= 0.6 is 0 Å². The Hall–Kier alpha value is -0.800. The van der Waals surface area contributed by atoms with Gasteiger partial charge in [-0.25, -0.2) is 0 Å². The highest BCUT2D eigenvalue weighted by Gasteiger charge is 2.01. The molecule has 0 spiro atoms. The van der Waals surface area contributed by atoms with E-state index in [4.69, 9.17) is 0 Å². The second-order valence-electron chi connectivity index (χ2n) is 4.07. The van der Waals surface area contributed by atoms with Gasteiger partial charge in [0.05, 0.1) is 0 Å². The maximum atomic E-state index is 3.48. The molecule has 0 aromatic carbocycles. The lowest BCUT2D eigenvalue weighted by Gasteiger charge is -2.16. The van der Waals surface area contributed by atoms with Crippen molar-refractivity contribution in [3.8, 4) is 0 Å². The fourth-order valence-corrected chi connectivity index (χ4v) is 1.32. The fourth-order valence-electron chi connectivity index (χ4n) is 1.32. The molecule has 1 aromatic heterocycles. The summed E-state index contributed by atoms with van der Waals surface area (Å²) in [7, 11) is 4.22. The summed E-state index contributed by atoms with van der Waals surface area (Å²) in [5.41, 5.74) is 1.25. The molecule has 0 radical (unpaired) electrons. The van der Waals surface area contributed by atoms with Gasteiger partial charge >= 0.3 is 0 Å². The molecule has 0 bridgehead atoms. The first-order valence-corrected chi connectivity index (χ1v) is 5.19. The molecular formula is C11H21N3. The van der Waals surface area contributed by atoms with Crippen LogP contribution in [0, 0.1) is 0 Å². The van der Waals surface area contributed by atoms with Crippen LogP contribution in [0.5, 0.6) is 0 Å². The third-order valence-electron chi connectivity index (χ3n) is 2.31. The number of aromatic amines is 1. The number of H-pyrrole nitrogens is 1. The van der Waals surface area contributed by atoms with E-state index >= 15 is 0 Å². The summed E-state index contributed by atoms with van der Waals surface area (Å²) in [4.78, 5) is 5.40. The quantitative estimate of drug-likeness (QED) is 0.719. The maximum Gasteiger partial charge on any atom is 0.0359 e. The molecule has 0 saturated carbocycles. The summed E-state index contributed by atoms with van der Waals surface area (Å²) in [6.07, 6.45) is 3.15. The molecule has 0 aliphatic carbocycles. The predicted molar refractivity (Wildman–Crippen MR) is 60.3 cm³/mol. The minimum absolute atomic E-state index is 0.570. The van der Waals surface area contributed by atoms with E-state index in [9.17, 15) is 0 Å². The Morgan fingerprint density at radius 3 is 2.86 bits per heavy atom. The van der Waals surface area contributed by atoms with E-state index < -0.39 is 0 Å². The van der Waals surface area contributed by atoms with Gasteiger partial charge in [-0.15, -0.1) is 0 Å². The van der Waals surface area contributed by atoms with Gasteiger partial charge in [-0.1, -0.05) is 0 Å². The number of hydrogen-bond donors (Lipinski definition) is 2. The highest BCUT2D eigenvalue weighted by molar-refractivity contribution is 5.03. The molecule has 0 amide bonds. The molecule has 3 nitrogen and oxygen atoms in total. The summed E-state index contributed by atoms with van der Waals surface area (Å²) in [6, 6.07) is 4.70. The molecule has 14 heavy (non-hydrogen) atoms. The lowest BCUT2D eigenvalue weighted by atomic mass is 10.2. The number of nitrogens with one attached hydrogen (secondary N) is 2. The van der Waals surface area contributed by atoms with E-state index in [1.165, 1.54) is 12.1 Å². The molecule has 0 saturated heterocycles. The summed E-state index contributed by atoms with van der Waals surface area (Å²) >= 11 is 0. The minimum atomic E-state index is 0.570. The normalized spacial score (nSPS) is 13.4. The zero-order valence-electron chi connectivity index (χ0n) is 9.38. The van der Waals surface area contributed by atoms with Crippen LogP contribution in [0.3, 0.4) is 0 Å². The van der Waals surface area contributed by atoms with Crippen molar-refractivity contribution < 1.29 is 0 Å². The standard InChI is InChI=1S/C11H21N3/c1-10(6-8-14(2)3)13-9-11-5-4-7-12-11/h4-5,7,10,12-13H,6,8-9H2,1-3H3. The molecule has 80 valence electrons. The van der Waals surface area contributed by atoms with Gasteiger partial charge in [-0.05, 0) is 46.1 Å². The van der Waals surface area contributed by atoms with Crippen LogP contribution in [0.2, 0.25) is 0 Å². The molecule has 1 unspecified atom stereocenters. The van der Waals surface area contributed by atoms with E-state index in [1.807, 2.05) is 12.3 Å². The van der Waals surface area contributed by atoms with Gasteiger partial charge in [-0.2, -0.15) is 0 Å². The Bertz CT molecular complexity index is 229. The van der Waals surface area contributed by atoms with E-state index in [1.54, 1.807) is 0 Å². The molecule has 0 fully saturated rings. The molecular weight excluding hydrogens is 174 g/mol. The largest absolute Gasteiger partial charge is 0.364 e. The maximum absolute atomic E-state index is 3.48. The molecule has 1 rings (SSSR count). The Morgan fingerprint density at radius 1 is 1.50 bits per heavy atom. The van der Waals surface area contributed by atoms with Crippen molar-refractivity contribution >= 4 is 0 Å². The zero-order valence-corrected chi connectivity index (χ0v) is 9.38. The molecule has 1 heterocycles. The summed E-state index contributed by atoms with van der Waals surface area (Å²) in [5.74, 6) is 0. The van der Waals surface area contributed by atoms with Crippen molar-refractivity contribution in [1.29, 1.82) is 0 Å². The Kier molecular flexibility index (Phi) is 4.70. The van der Waals surface area contributed by atoms with Gasteiger partial charge in [0, 0.05) is 24.5 Å². The third kappa shape index (κ3) is 4.44. The first-order chi connectivity index (χ1) is 6.68. The van der Waals surface area contributed by atoms with Crippen molar-refractivity contribution in [2.45, 2.75) is 25.9 Å². The Balaban J connectivity index is 2.12. The van der Waals surface area contributed by atoms with Crippen LogP contribution in [0.15, 0.2) is 18.3 Å². The average molecular weight is 195 g/mol. The fraction of sp³-hybridized carbons (Fsp3) is 0.636. The number of hydrogen-bond acceptors (Lipinski definition) is 2. The molecule has 0 aliphatic rings. The lowest BCUT2D eigenvalue weighted by Crippen LogP contribution is -2.29. The first kappa shape index (κ1) is 11.3. The van der Waals surface area contributed by atoms with Gasteiger partial charge in [0.15, 0.2) is 0 Å². The zero-order chi connectivity index (χ0) is 10.4. The second kappa shape index (κ2) is 5.83. The van der Waals surface area contributed by atoms with E-state index in [-0.39, 0.29) is 0 Å². The molecule has 3 heteroatoms. The third-order valence-corrected chi connectivity index (χ3v) is 2.31. The summed E-state index contributed by atoms with van der Waals surface area (Å²) in [6.45, 7) is 4.30. The van der Waals surface area contributed by atoms with Gasteiger partial charge in [0.25, 0.3) is 0 Å². The van der Waals surface area contributed by atoms with Crippen molar-refractivity contribution in [2.24, 2.45) is 0 Å². The minimum Gasteiger partial charge on any atom is -0.364 e. The van der Waals surface area contributed by atoms with Crippen LogP contribution in [-0.4, -0.2) is 36.6 Å². The van der Waals surface area contributed by atoms with Crippen LogP contribution in [0.4, 0.5) is 0 Å². The smallest absolute Gasteiger partial charge is 0.0359 e. The van der Waals surface area contributed by atoms with Crippen molar-refractivity contribution in [2.75, 3.05) is 20.6 Å². The number of aromatic nitrogens is 1. The van der Waals surface area contributed by atoms with Crippen molar-refractivity contribution in [3.63, 3.8) is 0 Å². The molecule has 1 aromatic rings. The van der Waals surface area contributed by atoms with Crippen LogP contribution in [0.1, 0.15) is 19.0 Å².